The predicted molar refractivity (Wildman–Crippen MR) is 100 cm³/mol. The molecule has 146 valence electrons. The molecule has 27 heavy (non-hydrogen) atoms. The third kappa shape index (κ3) is 4.29. The van der Waals surface area contributed by atoms with Gasteiger partial charge in [-0.1, -0.05) is 12.1 Å². The van der Waals surface area contributed by atoms with Gasteiger partial charge >= 0.3 is 5.69 Å². The maximum atomic E-state index is 12.7. The Kier molecular flexibility index (Phi) is 5.50. The zero-order valence-electron chi connectivity index (χ0n) is 15.5. The molecule has 2 aromatic rings. The smallest absolute Gasteiger partial charge is 0.342 e. The van der Waals surface area contributed by atoms with Gasteiger partial charge in [0.05, 0.1) is 11.3 Å². The molecule has 0 aliphatic carbocycles. The van der Waals surface area contributed by atoms with Crippen molar-refractivity contribution in [2.45, 2.75) is 43.5 Å². The highest BCUT2D eigenvalue weighted by molar-refractivity contribution is 7.90. The van der Waals surface area contributed by atoms with Crippen molar-refractivity contribution in [3.05, 3.63) is 46.1 Å². The predicted octanol–water partition coefficient (Wildman–Crippen LogP) is 0.943. The van der Waals surface area contributed by atoms with E-state index < -0.39 is 9.84 Å². The van der Waals surface area contributed by atoms with Gasteiger partial charge in [0.25, 0.3) is 0 Å². The number of sulfone groups is 1. The summed E-state index contributed by atoms with van der Waals surface area (Å²) in [4.78, 5) is 26.5. The maximum absolute atomic E-state index is 12.7. The van der Waals surface area contributed by atoms with Crippen molar-refractivity contribution < 1.29 is 13.2 Å². The number of nitrogens with zero attached hydrogens (tertiary/aromatic N) is 3. The van der Waals surface area contributed by atoms with Crippen molar-refractivity contribution >= 4 is 15.7 Å². The van der Waals surface area contributed by atoms with Gasteiger partial charge in [-0.3, -0.25) is 9.36 Å². The Bertz CT molecular complexity index is 976. The number of benzene rings is 1. The highest BCUT2D eigenvalue weighted by Gasteiger charge is 2.28. The van der Waals surface area contributed by atoms with E-state index in [1.807, 2.05) is 6.92 Å². The molecule has 3 rings (SSSR count). The second kappa shape index (κ2) is 7.67. The lowest BCUT2D eigenvalue weighted by molar-refractivity contribution is -0.131. The minimum atomic E-state index is -3.24. The van der Waals surface area contributed by atoms with E-state index >= 15 is 0 Å². The monoisotopic (exact) mass is 392 g/mol. The van der Waals surface area contributed by atoms with E-state index in [0.717, 1.165) is 24.7 Å². The van der Waals surface area contributed by atoms with E-state index in [9.17, 15) is 18.0 Å². The first-order chi connectivity index (χ1) is 12.8. The highest BCUT2D eigenvalue weighted by atomic mass is 32.2. The summed E-state index contributed by atoms with van der Waals surface area (Å²) >= 11 is 0. The Morgan fingerprint density at radius 1 is 1.30 bits per heavy atom. The summed E-state index contributed by atoms with van der Waals surface area (Å²) in [5.74, 6) is 0.736. The molecule has 1 aromatic heterocycles. The number of amides is 1. The van der Waals surface area contributed by atoms with Crippen LogP contribution in [0.25, 0.3) is 0 Å². The average molecular weight is 392 g/mol. The SMILES string of the molecule is CCn1c([C@H]2CCCN(C(=O)Cc3ccc(S(C)(=O)=O)cc3)C2)n[nH]c1=O. The lowest BCUT2D eigenvalue weighted by atomic mass is 9.96. The van der Waals surface area contributed by atoms with Crippen LogP contribution >= 0.6 is 0 Å². The molecule has 0 saturated carbocycles. The molecular formula is C18H24N4O4S. The largest absolute Gasteiger partial charge is 0.343 e. The first-order valence-corrected chi connectivity index (χ1v) is 10.9. The molecule has 1 amide bonds. The molecular weight excluding hydrogens is 368 g/mol. The Balaban J connectivity index is 1.69. The molecule has 1 saturated heterocycles. The summed E-state index contributed by atoms with van der Waals surface area (Å²) in [6.07, 6.45) is 3.12. The van der Waals surface area contributed by atoms with Gasteiger partial charge in [-0.15, -0.1) is 0 Å². The van der Waals surface area contributed by atoms with E-state index in [1.165, 1.54) is 12.1 Å². The number of H-pyrrole nitrogens is 1. The summed E-state index contributed by atoms with van der Waals surface area (Å²) in [5.41, 5.74) is 0.557. The molecule has 1 aliphatic heterocycles. The first kappa shape index (κ1) is 19.3. The average Bonchev–Trinajstić information content (AvgIpc) is 3.02. The number of hydrogen-bond donors (Lipinski definition) is 1. The van der Waals surface area contributed by atoms with Crippen LogP contribution in [0.5, 0.6) is 0 Å². The van der Waals surface area contributed by atoms with Gasteiger partial charge in [-0.25, -0.2) is 18.3 Å². The third-order valence-electron chi connectivity index (χ3n) is 4.95. The maximum Gasteiger partial charge on any atom is 0.343 e. The van der Waals surface area contributed by atoms with E-state index in [1.54, 1.807) is 21.6 Å². The number of aromatic amines is 1. The standard InChI is InChI=1S/C18H24N4O4S/c1-3-22-17(19-20-18(22)24)14-5-4-10-21(12-14)16(23)11-13-6-8-15(9-7-13)27(2,25)26/h6-9,14H,3-5,10-12H2,1-2H3,(H,20,24)/t14-/m0/s1. The van der Waals surface area contributed by atoms with Gasteiger partial charge in [0, 0.05) is 31.8 Å². The zero-order chi connectivity index (χ0) is 19.6. The topological polar surface area (TPSA) is 105 Å². The number of carbonyl (C=O) groups is 1. The summed E-state index contributed by atoms with van der Waals surface area (Å²) in [5, 5.41) is 6.64. The van der Waals surface area contributed by atoms with E-state index in [0.29, 0.717) is 25.5 Å². The number of rotatable bonds is 5. The number of likely N-dealkylation sites (tertiary alicyclic amines) is 1. The van der Waals surface area contributed by atoms with Gasteiger partial charge in [0.2, 0.25) is 5.91 Å². The van der Waals surface area contributed by atoms with Crippen molar-refractivity contribution in [1.29, 1.82) is 0 Å². The molecule has 1 N–H and O–H groups in total. The number of aromatic nitrogens is 3. The van der Waals surface area contributed by atoms with Crippen LogP contribution in [0.3, 0.4) is 0 Å². The van der Waals surface area contributed by atoms with Gasteiger partial charge in [0.15, 0.2) is 9.84 Å². The molecule has 1 atom stereocenters. The molecule has 0 spiro atoms. The second-order valence-electron chi connectivity index (χ2n) is 6.90. The molecule has 9 heteroatoms. The van der Waals surface area contributed by atoms with Crippen LogP contribution < -0.4 is 5.69 Å². The number of carbonyl (C=O) groups excluding carboxylic acids is 1. The summed E-state index contributed by atoms with van der Waals surface area (Å²) in [6, 6.07) is 6.41. The Labute approximate surface area is 158 Å². The fraction of sp³-hybridized carbons (Fsp3) is 0.500. The van der Waals surface area contributed by atoms with Crippen molar-refractivity contribution in [3.63, 3.8) is 0 Å². The van der Waals surface area contributed by atoms with Gasteiger partial charge in [0.1, 0.15) is 5.82 Å². The quantitative estimate of drug-likeness (QED) is 0.815. The van der Waals surface area contributed by atoms with Crippen LogP contribution in [-0.2, 0) is 27.6 Å². The van der Waals surface area contributed by atoms with Crippen LogP contribution in [0.15, 0.2) is 34.0 Å². The van der Waals surface area contributed by atoms with Crippen molar-refractivity contribution in [3.8, 4) is 0 Å². The fourth-order valence-corrected chi connectivity index (χ4v) is 4.13. The normalized spacial score (nSPS) is 17.9. The second-order valence-corrected chi connectivity index (χ2v) is 8.92. The summed E-state index contributed by atoms with van der Waals surface area (Å²) in [6.45, 7) is 3.65. The number of piperidine rings is 1. The van der Waals surface area contributed by atoms with Crippen LogP contribution in [0.4, 0.5) is 0 Å². The molecule has 2 heterocycles. The molecule has 0 unspecified atom stereocenters. The summed E-state index contributed by atoms with van der Waals surface area (Å²) in [7, 11) is -3.24. The first-order valence-electron chi connectivity index (χ1n) is 9.01. The van der Waals surface area contributed by atoms with E-state index in [-0.39, 0.29) is 28.8 Å². The lowest BCUT2D eigenvalue weighted by Gasteiger charge is -2.32. The number of hydrogen-bond acceptors (Lipinski definition) is 5. The lowest BCUT2D eigenvalue weighted by Crippen LogP contribution is -2.40. The van der Waals surface area contributed by atoms with Crippen molar-refractivity contribution in [2.75, 3.05) is 19.3 Å². The Morgan fingerprint density at radius 2 is 2.00 bits per heavy atom. The zero-order valence-corrected chi connectivity index (χ0v) is 16.3. The molecule has 0 bridgehead atoms. The minimum absolute atomic E-state index is 0.00673. The minimum Gasteiger partial charge on any atom is -0.342 e. The van der Waals surface area contributed by atoms with Gasteiger partial charge in [-0.05, 0) is 37.5 Å². The fourth-order valence-electron chi connectivity index (χ4n) is 3.50. The van der Waals surface area contributed by atoms with Crippen molar-refractivity contribution in [2.24, 2.45) is 0 Å². The molecule has 1 aliphatic rings. The van der Waals surface area contributed by atoms with Crippen LogP contribution in [0.2, 0.25) is 0 Å². The van der Waals surface area contributed by atoms with Gasteiger partial charge in [-0.2, -0.15) is 5.10 Å². The Hall–Kier alpha value is -2.42. The van der Waals surface area contributed by atoms with E-state index in [4.69, 9.17) is 0 Å². The highest BCUT2D eigenvalue weighted by Crippen LogP contribution is 2.25. The Morgan fingerprint density at radius 3 is 2.63 bits per heavy atom. The molecule has 1 aromatic carbocycles. The molecule has 0 radical (unpaired) electrons. The van der Waals surface area contributed by atoms with Crippen molar-refractivity contribution in [1.82, 2.24) is 19.7 Å². The summed E-state index contributed by atoms with van der Waals surface area (Å²) < 4.78 is 24.7. The van der Waals surface area contributed by atoms with Gasteiger partial charge < -0.3 is 4.90 Å². The van der Waals surface area contributed by atoms with Crippen LogP contribution in [0.1, 0.15) is 37.1 Å². The van der Waals surface area contributed by atoms with Crippen LogP contribution in [-0.4, -0.2) is 53.3 Å². The number of nitrogens with one attached hydrogen (secondary N) is 1. The van der Waals surface area contributed by atoms with E-state index in [2.05, 4.69) is 10.2 Å². The van der Waals surface area contributed by atoms with Crippen LogP contribution in [0, 0.1) is 0 Å². The third-order valence-corrected chi connectivity index (χ3v) is 6.08. The molecule has 8 nitrogen and oxygen atoms in total. The molecule has 1 fully saturated rings.